The average molecular weight is 282 g/mol. The van der Waals surface area contributed by atoms with Gasteiger partial charge in [0.25, 0.3) is 0 Å². The summed E-state index contributed by atoms with van der Waals surface area (Å²) in [6.45, 7) is 7.19. The molecule has 2 saturated heterocycles. The van der Waals surface area contributed by atoms with E-state index in [9.17, 15) is 9.59 Å². The Labute approximate surface area is 121 Å². The number of likely N-dealkylation sites (N-methyl/N-ethyl adjacent to an activating group) is 1. The summed E-state index contributed by atoms with van der Waals surface area (Å²) in [5.74, 6) is 0.750. The Morgan fingerprint density at radius 2 is 1.70 bits per heavy atom. The molecule has 2 aliphatic heterocycles. The van der Waals surface area contributed by atoms with Gasteiger partial charge in [0.05, 0.1) is 0 Å². The molecule has 0 aliphatic carbocycles. The Hall–Kier alpha value is -1.30. The highest BCUT2D eigenvalue weighted by atomic mass is 16.2. The van der Waals surface area contributed by atoms with Crippen molar-refractivity contribution in [3.05, 3.63) is 0 Å². The van der Waals surface area contributed by atoms with Crippen molar-refractivity contribution in [2.24, 2.45) is 5.92 Å². The SMILES string of the molecule is CC1CCN(C(=O)N(C)CC(=O)N2CCNCC2)CC1. The number of nitrogens with one attached hydrogen (secondary N) is 1. The van der Waals surface area contributed by atoms with Crippen LogP contribution in [-0.2, 0) is 4.79 Å². The van der Waals surface area contributed by atoms with Crippen LogP contribution in [0.4, 0.5) is 4.79 Å². The van der Waals surface area contributed by atoms with E-state index in [-0.39, 0.29) is 18.5 Å². The van der Waals surface area contributed by atoms with Crippen LogP contribution in [-0.4, -0.2) is 79.5 Å². The third-order valence-corrected chi connectivity index (χ3v) is 4.22. The van der Waals surface area contributed by atoms with Gasteiger partial charge in [0.1, 0.15) is 6.54 Å². The van der Waals surface area contributed by atoms with Gasteiger partial charge in [-0.2, -0.15) is 0 Å². The molecule has 0 aromatic carbocycles. The molecule has 2 aliphatic rings. The molecule has 0 aromatic heterocycles. The van der Waals surface area contributed by atoms with Crippen molar-refractivity contribution in [3.8, 4) is 0 Å². The molecule has 6 heteroatoms. The van der Waals surface area contributed by atoms with Crippen molar-refractivity contribution in [2.75, 3.05) is 52.9 Å². The van der Waals surface area contributed by atoms with Crippen molar-refractivity contribution in [1.29, 1.82) is 0 Å². The van der Waals surface area contributed by atoms with Crippen LogP contribution >= 0.6 is 0 Å². The summed E-state index contributed by atoms with van der Waals surface area (Å²) >= 11 is 0. The maximum Gasteiger partial charge on any atom is 0.320 e. The second-order valence-corrected chi connectivity index (χ2v) is 5.94. The van der Waals surface area contributed by atoms with Gasteiger partial charge in [-0.1, -0.05) is 6.92 Å². The van der Waals surface area contributed by atoms with Crippen molar-refractivity contribution in [1.82, 2.24) is 20.0 Å². The number of amides is 3. The van der Waals surface area contributed by atoms with Crippen LogP contribution in [0.3, 0.4) is 0 Å². The quantitative estimate of drug-likeness (QED) is 0.787. The number of likely N-dealkylation sites (tertiary alicyclic amines) is 1. The molecule has 2 fully saturated rings. The lowest BCUT2D eigenvalue weighted by Gasteiger charge is -2.34. The highest BCUT2D eigenvalue weighted by Crippen LogP contribution is 2.16. The average Bonchev–Trinajstić information content (AvgIpc) is 2.48. The number of urea groups is 1. The van der Waals surface area contributed by atoms with Crippen LogP contribution in [0.1, 0.15) is 19.8 Å². The Kier molecular flexibility index (Phi) is 5.23. The fourth-order valence-corrected chi connectivity index (χ4v) is 2.73. The first-order valence-corrected chi connectivity index (χ1v) is 7.56. The van der Waals surface area contributed by atoms with Crippen molar-refractivity contribution < 1.29 is 9.59 Å². The first kappa shape index (κ1) is 15.1. The van der Waals surface area contributed by atoms with Crippen molar-refractivity contribution in [3.63, 3.8) is 0 Å². The molecule has 6 nitrogen and oxygen atoms in total. The summed E-state index contributed by atoms with van der Waals surface area (Å²) in [6, 6.07) is -0.0135. The summed E-state index contributed by atoms with van der Waals surface area (Å²) in [6.07, 6.45) is 2.12. The molecule has 2 heterocycles. The topological polar surface area (TPSA) is 55.9 Å². The van der Waals surface area contributed by atoms with Gasteiger partial charge in [-0.15, -0.1) is 0 Å². The monoisotopic (exact) mass is 282 g/mol. The fraction of sp³-hybridized carbons (Fsp3) is 0.857. The second-order valence-electron chi connectivity index (χ2n) is 5.94. The standard InChI is InChI=1S/C14H26N4O2/c1-12-3-7-18(8-4-12)14(20)16(2)11-13(19)17-9-5-15-6-10-17/h12,15H,3-11H2,1-2H3. The number of nitrogens with zero attached hydrogens (tertiary/aromatic N) is 3. The fourth-order valence-electron chi connectivity index (χ4n) is 2.73. The minimum atomic E-state index is -0.0135. The van der Waals surface area contributed by atoms with Gasteiger partial charge < -0.3 is 20.0 Å². The molecule has 0 aromatic rings. The number of carbonyl (C=O) groups is 2. The first-order chi connectivity index (χ1) is 9.58. The minimum absolute atomic E-state index is 0.0135. The van der Waals surface area contributed by atoms with Gasteiger partial charge in [0, 0.05) is 46.3 Å². The lowest BCUT2D eigenvalue weighted by molar-refractivity contribution is -0.132. The highest BCUT2D eigenvalue weighted by molar-refractivity contribution is 5.84. The van der Waals surface area contributed by atoms with Gasteiger partial charge in [0.15, 0.2) is 0 Å². The molecule has 20 heavy (non-hydrogen) atoms. The first-order valence-electron chi connectivity index (χ1n) is 7.56. The summed E-state index contributed by atoms with van der Waals surface area (Å²) in [5.41, 5.74) is 0. The minimum Gasteiger partial charge on any atom is -0.339 e. The zero-order valence-electron chi connectivity index (χ0n) is 12.6. The zero-order chi connectivity index (χ0) is 14.5. The summed E-state index contributed by atoms with van der Waals surface area (Å²) in [7, 11) is 1.72. The maximum absolute atomic E-state index is 12.3. The normalized spacial score (nSPS) is 20.9. The molecule has 0 spiro atoms. The molecule has 0 bridgehead atoms. The molecule has 3 amide bonds. The molecular formula is C14H26N4O2. The second kappa shape index (κ2) is 6.92. The third-order valence-electron chi connectivity index (χ3n) is 4.22. The van der Waals surface area contributed by atoms with E-state index in [0.717, 1.165) is 52.1 Å². The van der Waals surface area contributed by atoms with Crippen LogP contribution in [0.2, 0.25) is 0 Å². The molecule has 0 unspecified atom stereocenters. The number of rotatable bonds is 2. The van der Waals surface area contributed by atoms with E-state index >= 15 is 0 Å². The summed E-state index contributed by atoms with van der Waals surface area (Å²) < 4.78 is 0. The Morgan fingerprint density at radius 3 is 2.30 bits per heavy atom. The van der Waals surface area contributed by atoms with Gasteiger partial charge in [-0.05, 0) is 18.8 Å². The number of piperidine rings is 1. The predicted octanol–water partition coefficient (Wildman–Crippen LogP) is 0.202. The third kappa shape index (κ3) is 3.85. The Bertz CT molecular complexity index is 347. The number of hydrogen-bond donors (Lipinski definition) is 1. The van der Waals surface area contributed by atoms with E-state index in [1.54, 1.807) is 11.9 Å². The molecule has 1 N–H and O–H groups in total. The van der Waals surface area contributed by atoms with Crippen LogP contribution in [0.25, 0.3) is 0 Å². The Morgan fingerprint density at radius 1 is 1.10 bits per heavy atom. The smallest absolute Gasteiger partial charge is 0.320 e. The summed E-state index contributed by atoms with van der Waals surface area (Å²) in [4.78, 5) is 29.7. The molecule has 114 valence electrons. The predicted molar refractivity (Wildman–Crippen MR) is 77.4 cm³/mol. The number of carbonyl (C=O) groups excluding carboxylic acids is 2. The number of piperazine rings is 1. The lowest BCUT2D eigenvalue weighted by Crippen LogP contribution is -2.52. The van der Waals surface area contributed by atoms with E-state index in [1.807, 2.05) is 9.80 Å². The largest absolute Gasteiger partial charge is 0.339 e. The maximum atomic E-state index is 12.3. The van der Waals surface area contributed by atoms with E-state index in [2.05, 4.69) is 12.2 Å². The van der Waals surface area contributed by atoms with E-state index in [0.29, 0.717) is 5.92 Å². The summed E-state index contributed by atoms with van der Waals surface area (Å²) in [5, 5.41) is 3.22. The highest BCUT2D eigenvalue weighted by Gasteiger charge is 2.25. The molecule has 0 atom stereocenters. The van der Waals surface area contributed by atoms with Crippen LogP contribution in [0.5, 0.6) is 0 Å². The molecule has 0 saturated carbocycles. The molecule has 2 rings (SSSR count). The van der Waals surface area contributed by atoms with Crippen molar-refractivity contribution in [2.45, 2.75) is 19.8 Å². The molecule has 0 radical (unpaired) electrons. The van der Waals surface area contributed by atoms with Crippen molar-refractivity contribution >= 4 is 11.9 Å². The van der Waals surface area contributed by atoms with Gasteiger partial charge in [-0.3, -0.25) is 4.79 Å². The molecular weight excluding hydrogens is 256 g/mol. The van der Waals surface area contributed by atoms with Gasteiger partial charge in [-0.25, -0.2) is 4.79 Å². The van der Waals surface area contributed by atoms with E-state index < -0.39 is 0 Å². The van der Waals surface area contributed by atoms with Gasteiger partial charge in [0.2, 0.25) is 5.91 Å². The Balaban J connectivity index is 1.79. The van der Waals surface area contributed by atoms with E-state index in [4.69, 9.17) is 0 Å². The van der Waals surface area contributed by atoms with E-state index in [1.165, 1.54) is 0 Å². The zero-order valence-corrected chi connectivity index (χ0v) is 12.6. The van der Waals surface area contributed by atoms with Crippen LogP contribution < -0.4 is 5.32 Å². The van der Waals surface area contributed by atoms with Crippen LogP contribution in [0, 0.1) is 5.92 Å². The van der Waals surface area contributed by atoms with Gasteiger partial charge >= 0.3 is 6.03 Å². The number of hydrogen-bond acceptors (Lipinski definition) is 3. The van der Waals surface area contributed by atoms with Crippen LogP contribution in [0.15, 0.2) is 0 Å². The lowest BCUT2D eigenvalue weighted by atomic mass is 10.00.